The molecular formula is C13H24F2N4O3. The van der Waals surface area contributed by atoms with Crippen molar-refractivity contribution in [1.29, 1.82) is 0 Å². The van der Waals surface area contributed by atoms with Crippen molar-refractivity contribution in [3.05, 3.63) is 0 Å². The molecule has 3 unspecified atom stereocenters. The van der Waals surface area contributed by atoms with E-state index in [2.05, 4.69) is 16.0 Å². The summed E-state index contributed by atoms with van der Waals surface area (Å²) in [5.41, 5.74) is 5.00. The van der Waals surface area contributed by atoms with Crippen LogP contribution in [0.3, 0.4) is 0 Å². The smallest absolute Gasteiger partial charge is 0.321 e. The van der Waals surface area contributed by atoms with Crippen LogP contribution in [0.2, 0.25) is 0 Å². The molecule has 0 aromatic heterocycles. The molecule has 0 heterocycles. The Kier molecular flexibility index (Phi) is 7.75. The lowest BCUT2D eigenvalue weighted by Crippen LogP contribution is -2.56. The standard InChI is InChI=1S/C13H24F2N4O3/c1-5-6-9(19-12(16)22)10(20)17-7(2)8(3)18-11(21)13(4,14)15/h7-9H,5-6H2,1-4H3,(H,17,20)(H,18,21)(H3,16,19,22). The first-order valence-corrected chi connectivity index (χ1v) is 7.04. The predicted molar refractivity (Wildman–Crippen MR) is 77.2 cm³/mol. The van der Waals surface area contributed by atoms with Crippen molar-refractivity contribution in [2.24, 2.45) is 5.73 Å². The monoisotopic (exact) mass is 322 g/mol. The Morgan fingerprint density at radius 2 is 1.59 bits per heavy atom. The molecule has 0 aromatic carbocycles. The van der Waals surface area contributed by atoms with Crippen molar-refractivity contribution in [2.75, 3.05) is 0 Å². The highest BCUT2D eigenvalue weighted by Gasteiger charge is 2.34. The summed E-state index contributed by atoms with van der Waals surface area (Å²) in [7, 11) is 0. The molecule has 0 saturated heterocycles. The number of halogens is 2. The third-order valence-corrected chi connectivity index (χ3v) is 3.09. The number of nitrogens with one attached hydrogen (secondary N) is 3. The number of amides is 4. The van der Waals surface area contributed by atoms with Crippen molar-refractivity contribution >= 4 is 17.8 Å². The third kappa shape index (κ3) is 7.19. The topological polar surface area (TPSA) is 113 Å². The maximum Gasteiger partial charge on any atom is 0.321 e. The number of carbonyl (C=O) groups excluding carboxylic acids is 3. The number of alkyl halides is 2. The van der Waals surface area contributed by atoms with Gasteiger partial charge in [0.1, 0.15) is 6.04 Å². The summed E-state index contributed by atoms with van der Waals surface area (Å²) in [6.45, 7) is 5.37. The lowest BCUT2D eigenvalue weighted by Gasteiger charge is -2.26. The van der Waals surface area contributed by atoms with Crippen molar-refractivity contribution in [3.8, 4) is 0 Å². The van der Waals surface area contributed by atoms with E-state index >= 15 is 0 Å². The minimum absolute atomic E-state index is 0.384. The molecule has 0 aromatic rings. The highest BCUT2D eigenvalue weighted by atomic mass is 19.3. The molecule has 3 atom stereocenters. The number of nitrogens with two attached hydrogens (primary N) is 1. The van der Waals surface area contributed by atoms with Crippen molar-refractivity contribution in [3.63, 3.8) is 0 Å². The van der Waals surface area contributed by atoms with E-state index in [0.717, 1.165) is 0 Å². The third-order valence-electron chi connectivity index (χ3n) is 3.09. The maximum atomic E-state index is 12.8. The minimum Gasteiger partial charge on any atom is -0.352 e. The Morgan fingerprint density at radius 3 is 2.00 bits per heavy atom. The molecule has 0 bridgehead atoms. The number of carbonyl (C=O) groups is 3. The van der Waals surface area contributed by atoms with Crippen LogP contribution in [-0.4, -0.2) is 41.9 Å². The Morgan fingerprint density at radius 1 is 1.09 bits per heavy atom. The molecule has 5 N–H and O–H groups in total. The predicted octanol–water partition coefficient (Wildman–Crippen LogP) is 0.488. The number of primary amides is 1. The summed E-state index contributed by atoms with van der Waals surface area (Å²) >= 11 is 0. The largest absolute Gasteiger partial charge is 0.352 e. The van der Waals surface area contributed by atoms with Crippen molar-refractivity contribution in [1.82, 2.24) is 16.0 Å². The van der Waals surface area contributed by atoms with Gasteiger partial charge in [0.05, 0.1) is 0 Å². The van der Waals surface area contributed by atoms with Gasteiger partial charge in [-0.25, -0.2) is 4.79 Å². The second kappa shape index (κ2) is 8.50. The van der Waals surface area contributed by atoms with Crippen molar-refractivity contribution < 1.29 is 23.2 Å². The molecule has 9 heteroatoms. The highest BCUT2D eigenvalue weighted by Crippen LogP contribution is 2.11. The van der Waals surface area contributed by atoms with Gasteiger partial charge in [0.2, 0.25) is 5.91 Å². The molecule has 4 amide bonds. The lowest BCUT2D eigenvalue weighted by atomic mass is 10.1. The average Bonchev–Trinajstić information content (AvgIpc) is 2.36. The van der Waals surface area contributed by atoms with Gasteiger partial charge in [0.25, 0.3) is 5.91 Å². The molecule has 22 heavy (non-hydrogen) atoms. The Balaban J connectivity index is 4.60. The van der Waals surface area contributed by atoms with Gasteiger partial charge in [-0.1, -0.05) is 13.3 Å². The number of hydrogen-bond acceptors (Lipinski definition) is 3. The molecule has 128 valence electrons. The van der Waals surface area contributed by atoms with Crippen LogP contribution in [-0.2, 0) is 9.59 Å². The van der Waals surface area contributed by atoms with Gasteiger partial charge in [0, 0.05) is 19.0 Å². The normalized spacial score (nSPS) is 15.4. The molecule has 0 fully saturated rings. The maximum absolute atomic E-state index is 12.8. The van der Waals surface area contributed by atoms with E-state index in [-0.39, 0.29) is 0 Å². The van der Waals surface area contributed by atoms with Gasteiger partial charge in [-0.05, 0) is 20.3 Å². The fourth-order valence-electron chi connectivity index (χ4n) is 1.64. The quantitative estimate of drug-likeness (QED) is 0.521. The second-order valence-electron chi connectivity index (χ2n) is 5.30. The van der Waals surface area contributed by atoms with E-state index < -0.39 is 41.9 Å². The summed E-state index contributed by atoms with van der Waals surface area (Å²) in [4.78, 5) is 34.1. The summed E-state index contributed by atoms with van der Waals surface area (Å²) in [6, 6.07) is -2.94. The van der Waals surface area contributed by atoms with E-state index in [4.69, 9.17) is 5.73 Å². The average molecular weight is 322 g/mol. The van der Waals surface area contributed by atoms with E-state index in [1.54, 1.807) is 6.92 Å². The zero-order chi connectivity index (χ0) is 17.5. The first-order valence-electron chi connectivity index (χ1n) is 7.04. The highest BCUT2D eigenvalue weighted by molar-refractivity contribution is 5.87. The first-order chi connectivity index (χ1) is 9.98. The van der Waals surface area contributed by atoms with E-state index in [9.17, 15) is 23.2 Å². The van der Waals surface area contributed by atoms with Crippen molar-refractivity contribution in [2.45, 2.75) is 64.6 Å². The fourth-order valence-corrected chi connectivity index (χ4v) is 1.64. The van der Waals surface area contributed by atoms with Crippen LogP contribution in [0.1, 0.15) is 40.5 Å². The van der Waals surface area contributed by atoms with Crippen LogP contribution in [0.4, 0.5) is 13.6 Å². The zero-order valence-corrected chi connectivity index (χ0v) is 13.2. The molecule has 0 saturated carbocycles. The molecule has 0 aliphatic carbocycles. The van der Waals surface area contributed by atoms with Crippen LogP contribution in [0.5, 0.6) is 0 Å². The van der Waals surface area contributed by atoms with E-state index in [1.807, 2.05) is 6.92 Å². The summed E-state index contributed by atoms with van der Waals surface area (Å²) in [6.07, 6.45) is 1.02. The van der Waals surface area contributed by atoms with Crippen LogP contribution in [0, 0.1) is 0 Å². The zero-order valence-electron chi connectivity index (χ0n) is 13.2. The number of urea groups is 1. The van der Waals surface area contributed by atoms with E-state index in [0.29, 0.717) is 19.8 Å². The number of hydrogen-bond donors (Lipinski definition) is 4. The van der Waals surface area contributed by atoms with Gasteiger partial charge < -0.3 is 21.7 Å². The SMILES string of the molecule is CCCC(NC(N)=O)C(=O)NC(C)C(C)NC(=O)C(C)(F)F. The van der Waals surface area contributed by atoms with Gasteiger partial charge >= 0.3 is 12.0 Å². The van der Waals surface area contributed by atoms with Gasteiger partial charge in [-0.3, -0.25) is 9.59 Å². The van der Waals surface area contributed by atoms with Gasteiger partial charge in [0.15, 0.2) is 0 Å². The molecule has 0 radical (unpaired) electrons. The summed E-state index contributed by atoms with van der Waals surface area (Å²) in [5, 5.41) is 6.99. The summed E-state index contributed by atoms with van der Waals surface area (Å²) in [5.74, 6) is -5.39. The Bertz CT molecular complexity index is 413. The molecule has 0 aliphatic rings. The van der Waals surface area contributed by atoms with Gasteiger partial charge in [-0.2, -0.15) is 8.78 Å². The molecule has 7 nitrogen and oxygen atoms in total. The minimum atomic E-state index is -3.49. The Hall–Kier alpha value is -1.93. The molecule has 0 rings (SSSR count). The van der Waals surface area contributed by atoms with Crippen LogP contribution in [0.15, 0.2) is 0 Å². The molecule has 0 aliphatic heterocycles. The Labute approximate surface area is 128 Å². The molecular weight excluding hydrogens is 298 g/mol. The number of rotatable bonds is 8. The molecule has 0 spiro atoms. The fraction of sp³-hybridized carbons (Fsp3) is 0.769. The van der Waals surface area contributed by atoms with Crippen LogP contribution in [0.25, 0.3) is 0 Å². The van der Waals surface area contributed by atoms with E-state index in [1.165, 1.54) is 6.92 Å². The van der Waals surface area contributed by atoms with Gasteiger partial charge in [-0.15, -0.1) is 0 Å². The van der Waals surface area contributed by atoms with Crippen LogP contribution < -0.4 is 21.7 Å². The lowest BCUT2D eigenvalue weighted by molar-refractivity contribution is -0.144. The second-order valence-corrected chi connectivity index (χ2v) is 5.30. The van der Waals surface area contributed by atoms with Crippen LogP contribution >= 0.6 is 0 Å². The summed E-state index contributed by atoms with van der Waals surface area (Å²) < 4.78 is 25.6. The first kappa shape index (κ1) is 20.1.